The van der Waals surface area contributed by atoms with Crippen molar-refractivity contribution in [2.24, 2.45) is 5.92 Å². The van der Waals surface area contributed by atoms with Gasteiger partial charge in [-0.3, -0.25) is 19.4 Å². The molecule has 1 aliphatic heterocycles. The molecule has 7 nitrogen and oxygen atoms in total. The first-order valence-corrected chi connectivity index (χ1v) is 14.8. The van der Waals surface area contributed by atoms with Gasteiger partial charge in [0.15, 0.2) is 0 Å². The molecule has 2 aromatic carbocycles. The van der Waals surface area contributed by atoms with Gasteiger partial charge < -0.3 is 15.1 Å². The van der Waals surface area contributed by atoms with Gasteiger partial charge in [-0.05, 0) is 61.8 Å². The van der Waals surface area contributed by atoms with Gasteiger partial charge in [0.25, 0.3) is 5.91 Å². The maximum Gasteiger partial charge on any atom is 0.255 e. The lowest BCUT2D eigenvalue weighted by Gasteiger charge is -2.33. The molecular formula is C34H42N4O3. The van der Waals surface area contributed by atoms with E-state index in [2.05, 4.69) is 22.4 Å². The van der Waals surface area contributed by atoms with Crippen LogP contribution >= 0.6 is 0 Å². The van der Waals surface area contributed by atoms with Crippen LogP contribution in [0.1, 0.15) is 61.0 Å². The number of hydrogen-bond acceptors (Lipinski definition) is 4. The Morgan fingerprint density at radius 1 is 0.976 bits per heavy atom. The monoisotopic (exact) mass is 554 g/mol. The Morgan fingerprint density at radius 2 is 1.66 bits per heavy atom. The van der Waals surface area contributed by atoms with E-state index in [1.54, 1.807) is 24.5 Å². The van der Waals surface area contributed by atoms with Crippen LogP contribution in [0.4, 0.5) is 0 Å². The van der Waals surface area contributed by atoms with Crippen LogP contribution in [0.15, 0.2) is 85.2 Å². The highest BCUT2D eigenvalue weighted by atomic mass is 16.2. The van der Waals surface area contributed by atoms with Gasteiger partial charge in [-0.1, -0.05) is 74.5 Å². The topological polar surface area (TPSA) is 82.6 Å². The molecule has 216 valence electrons. The number of likely N-dealkylation sites (tertiary alicyclic amines) is 1. The van der Waals surface area contributed by atoms with Crippen molar-refractivity contribution in [1.82, 2.24) is 20.1 Å². The first-order valence-electron chi connectivity index (χ1n) is 14.8. The standard InChI is InChI=1S/C34H42N4O3/c1-3-26(2)32(39)36-31(19-18-27-12-6-4-7-13-27)34(41)38-22-11-17-30(38)25-37(23-20-28-14-8-5-9-15-28)33(40)29-16-10-21-35-24-29/h4-10,12-16,21,24,26,30-31H,3,11,17-20,22-23,25H2,1-2H3,(H,36,39)/t26-,30+,31+/m1/s1. The molecule has 3 atom stereocenters. The van der Waals surface area contributed by atoms with E-state index in [1.807, 2.05) is 72.2 Å². The van der Waals surface area contributed by atoms with Crippen LogP contribution in [0.3, 0.4) is 0 Å². The predicted molar refractivity (Wildman–Crippen MR) is 161 cm³/mol. The molecule has 41 heavy (non-hydrogen) atoms. The van der Waals surface area contributed by atoms with Crippen molar-refractivity contribution in [1.29, 1.82) is 0 Å². The Bertz CT molecular complexity index is 1250. The van der Waals surface area contributed by atoms with Gasteiger partial charge in [0.1, 0.15) is 6.04 Å². The van der Waals surface area contributed by atoms with Gasteiger partial charge in [0.05, 0.1) is 5.56 Å². The SMILES string of the molecule is CC[C@@H](C)C(=O)N[C@@H](CCc1ccccc1)C(=O)N1CCC[C@H]1CN(CCc1ccccc1)C(=O)c1cccnc1. The van der Waals surface area contributed by atoms with Gasteiger partial charge >= 0.3 is 0 Å². The van der Waals surface area contributed by atoms with Crippen molar-refractivity contribution in [3.8, 4) is 0 Å². The van der Waals surface area contributed by atoms with Gasteiger partial charge in [0, 0.05) is 44.0 Å². The zero-order valence-corrected chi connectivity index (χ0v) is 24.2. The van der Waals surface area contributed by atoms with Crippen LogP contribution in [0.2, 0.25) is 0 Å². The molecule has 0 aliphatic carbocycles. The molecule has 1 aliphatic rings. The molecule has 0 radical (unpaired) electrons. The number of benzene rings is 2. The molecule has 3 amide bonds. The molecule has 0 spiro atoms. The molecule has 0 bridgehead atoms. The number of amides is 3. The molecule has 1 aromatic heterocycles. The number of hydrogen-bond donors (Lipinski definition) is 1. The van der Waals surface area contributed by atoms with Crippen LogP contribution in [0, 0.1) is 5.92 Å². The highest BCUT2D eigenvalue weighted by Gasteiger charge is 2.36. The van der Waals surface area contributed by atoms with Crippen molar-refractivity contribution >= 4 is 17.7 Å². The van der Waals surface area contributed by atoms with Crippen LogP contribution in [0.5, 0.6) is 0 Å². The molecule has 4 rings (SSSR count). The van der Waals surface area contributed by atoms with E-state index < -0.39 is 6.04 Å². The summed E-state index contributed by atoms with van der Waals surface area (Å²) < 4.78 is 0. The summed E-state index contributed by atoms with van der Waals surface area (Å²) in [7, 11) is 0. The summed E-state index contributed by atoms with van der Waals surface area (Å²) >= 11 is 0. The number of rotatable bonds is 13. The van der Waals surface area contributed by atoms with E-state index >= 15 is 0 Å². The zero-order valence-electron chi connectivity index (χ0n) is 24.2. The van der Waals surface area contributed by atoms with Crippen molar-refractivity contribution in [3.63, 3.8) is 0 Å². The van der Waals surface area contributed by atoms with Crippen LogP contribution in [-0.2, 0) is 22.4 Å². The predicted octanol–water partition coefficient (Wildman–Crippen LogP) is 4.92. The van der Waals surface area contributed by atoms with Gasteiger partial charge in [-0.25, -0.2) is 0 Å². The third kappa shape index (κ3) is 8.49. The molecular weight excluding hydrogens is 512 g/mol. The Balaban J connectivity index is 1.50. The van der Waals surface area contributed by atoms with E-state index in [0.29, 0.717) is 44.5 Å². The lowest BCUT2D eigenvalue weighted by atomic mass is 10.0. The van der Waals surface area contributed by atoms with E-state index in [-0.39, 0.29) is 29.7 Å². The third-order valence-electron chi connectivity index (χ3n) is 8.04. The van der Waals surface area contributed by atoms with Gasteiger partial charge in [0.2, 0.25) is 11.8 Å². The van der Waals surface area contributed by atoms with E-state index in [1.165, 1.54) is 0 Å². The van der Waals surface area contributed by atoms with E-state index in [4.69, 9.17) is 0 Å². The zero-order chi connectivity index (χ0) is 29.0. The first kappa shape index (κ1) is 30.0. The fourth-order valence-corrected chi connectivity index (χ4v) is 5.34. The van der Waals surface area contributed by atoms with Crippen molar-refractivity contribution in [2.45, 2.75) is 64.5 Å². The summed E-state index contributed by atoms with van der Waals surface area (Å²) in [6.07, 6.45) is 7.60. The number of nitrogens with zero attached hydrogens (tertiary/aromatic N) is 3. The highest BCUT2D eigenvalue weighted by molar-refractivity contribution is 5.94. The minimum atomic E-state index is -0.607. The van der Waals surface area contributed by atoms with Crippen LogP contribution in [-0.4, -0.2) is 64.2 Å². The average molecular weight is 555 g/mol. The lowest BCUT2D eigenvalue weighted by Crippen LogP contribution is -2.53. The molecule has 1 fully saturated rings. The summed E-state index contributed by atoms with van der Waals surface area (Å²) in [6, 6.07) is 23.0. The normalized spacial score (nSPS) is 16.1. The molecule has 0 unspecified atom stereocenters. The second-order valence-corrected chi connectivity index (χ2v) is 11.0. The van der Waals surface area contributed by atoms with E-state index in [0.717, 1.165) is 30.4 Å². The second-order valence-electron chi connectivity index (χ2n) is 11.0. The number of nitrogens with one attached hydrogen (secondary N) is 1. The molecule has 1 N–H and O–H groups in total. The Kier molecular flexibility index (Phi) is 11.1. The summed E-state index contributed by atoms with van der Waals surface area (Å²) in [5.74, 6) is -0.399. The number of aryl methyl sites for hydroxylation is 1. The molecule has 2 heterocycles. The largest absolute Gasteiger partial charge is 0.344 e. The van der Waals surface area contributed by atoms with E-state index in [9.17, 15) is 14.4 Å². The summed E-state index contributed by atoms with van der Waals surface area (Å²) in [6.45, 7) is 5.47. The Hall–Kier alpha value is -4.00. The van der Waals surface area contributed by atoms with Gasteiger partial charge in [-0.15, -0.1) is 0 Å². The fraction of sp³-hybridized carbons (Fsp3) is 0.412. The van der Waals surface area contributed by atoms with Crippen LogP contribution < -0.4 is 5.32 Å². The maximum atomic E-state index is 14.0. The highest BCUT2D eigenvalue weighted by Crippen LogP contribution is 2.22. The quantitative estimate of drug-likeness (QED) is 0.325. The smallest absolute Gasteiger partial charge is 0.255 e. The van der Waals surface area contributed by atoms with Gasteiger partial charge in [-0.2, -0.15) is 0 Å². The van der Waals surface area contributed by atoms with Crippen LogP contribution in [0.25, 0.3) is 0 Å². The van der Waals surface area contributed by atoms with Crippen molar-refractivity contribution < 1.29 is 14.4 Å². The summed E-state index contributed by atoms with van der Waals surface area (Å²) in [5, 5.41) is 3.06. The lowest BCUT2D eigenvalue weighted by molar-refractivity contribution is -0.138. The number of carbonyl (C=O) groups is 3. The maximum absolute atomic E-state index is 14.0. The number of pyridine rings is 1. The summed E-state index contributed by atoms with van der Waals surface area (Å²) in [5.41, 5.74) is 2.83. The Labute approximate surface area is 244 Å². The van der Waals surface area contributed by atoms with Crippen molar-refractivity contribution in [2.75, 3.05) is 19.6 Å². The first-order chi connectivity index (χ1) is 20.0. The Morgan fingerprint density at radius 3 is 2.29 bits per heavy atom. The molecule has 3 aromatic rings. The second kappa shape index (κ2) is 15.1. The number of carbonyl (C=O) groups excluding carboxylic acids is 3. The fourth-order valence-electron chi connectivity index (χ4n) is 5.34. The average Bonchev–Trinajstić information content (AvgIpc) is 3.49. The minimum Gasteiger partial charge on any atom is -0.344 e. The third-order valence-corrected chi connectivity index (χ3v) is 8.04. The molecule has 0 saturated carbocycles. The minimum absolute atomic E-state index is 0.0584. The van der Waals surface area contributed by atoms with Crippen molar-refractivity contribution in [3.05, 3.63) is 102 Å². The number of aromatic nitrogens is 1. The molecule has 7 heteroatoms. The molecule has 1 saturated heterocycles. The summed E-state index contributed by atoms with van der Waals surface area (Å²) in [4.78, 5) is 48.4.